The van der Waals surface area contributed by atoms with Crippen LogP contribution in [0.25, 0.3) is 0 Å². The zero-order valence-electron chi connectivity index (χ0n) is 9.20. The SMILES string of the molecule is Fc1cccc(CCCc2ccccc2)c1. The highest BCUT2D eigenvalue weighted by atomic mass is 19.1. The second-order valence-corrected chi connectivity index (χ2v) is 3.97. The van der Waals surface area contributed by atoms with E-state index in [-0.39, 0.29) is 5.82 Å². The van der Waals surface area contributed by atoms with Gasteiger partial charge in [-0.3, -0.25) is 0 Å². The number of rotatable bonds is 4. The van der Waals surface area contributed by atoms with Crippen LogP contribution in [0, 0.1) is 5.82 Å². The van der Waals surface area contributed by atoms with Crippen molar-refractivity contribution >= 4 is 0 Å². The third kappa shape index (κ3) is 3.20. The Hall–Kier alpha value is -1.63. The van der Waals surface area contributed by atoms with Gasteiger partial charge in [-0.2, -0.15) is 0 Å². The first-order valence-electron chi connectivity index (χ1n) is 5.63. The molecule has 0 aliphatic rings. The molecule has 2 aromatic rings. The molecule has 0 amide bonds. The van der Waals surface area contributed by atoms with Gasteiger partial charge in [-0.15, -0.1) is 0 Å². The van der Waals surface area contributed by atoms with Gasteiger partial charge in [-0.25, -0.2) is 4.39 Å². The molecule has 2 rings (SSSR count). The molecule has 0 saturated carbocycles. The van der Waals surface area contributed by atoms with Crippen molar-refractivity contribution in [1.29, 1.82) is 0 Å². The van der Waals surface area contributed by atoms with Crippen LogP contribution in [0.3, 0.4) is 0 Å². The molecule has 0 nitrogen and oxygen atoms in total. The summed E-state index contributed by atoms with van der Waals surface area (Å²) in [6, 6.07) is 17.2. The molecule has 1 heteroatoms. The van der Waals surface area contributed by atoms with E-state index in [1.54, 1.807) is 12.1 Å². The van der Waals surface area contributed by atoms with Crippen molar-refractivity contribution in [2.45, 2.75) is 19.3 Å². The summed E-state index contributed by atoms with van der Waals surface area (Å²) in [5.41, 5.74) is 2.43. The molecule has 0 aliphatic heterocycles. The Morgan fingerprint density at radius 3 is 2.19 bits per heavy atom. The van der Waals surface area contributed by atoms with Gasteiger partial charge < -0.3 is 0 Å². The highest BCUT2D eigenvalue weighted by Crippen LogP contribution is 2.09. The Bertz CT molecular complexity index is 434. The zero-order chi connectivity index (χ0) is 11.2. The molecule has 0 fully saturated rings. The molecule has 0 heterocycles. The van der Waals surface area contributed by atoms with E-state index in [4.69, 9.17) is 0 Å². The summed E-state index contributed by atoms with van der Waals surface area (Å²) < 4.78 is 12.9. The fourth-order valence-corrected chi connectivity index (χ4v) is 1.83. The third-order valence-electron chi connectivity index (χ3n) is 2.66. The van der Waals surface area contributed by atoms with E-state index in [0.29, 0.717) is 0 Å². The summed E-state index contributed by atoms with van der Waals surface area (Å²) in [7, 11) is 0. The Morgan fingerprint density at radius 2 is 1.44 bits per heavy atom. The maximum absolute atomic E-state index is 12.9. The fourth-order valence-electron chi connectivity index (χ4n) is 1.83. The topological polar surface area (TPSA) is 0 Å². The van der Waals surface area contributed by atoms with Crippen LogP contribution < -0.4 is 0 Å². The van der Waals surface area contributed by atoms with Crippen molar-refractivity contribution in [2.24, 2.45) is 0 Å². The molecular weight excluding hydrogens is 199 g/mol. The lowest BCUT2D eigenvalue weighted by Crippen LogP contribution is -1.90. The summed E-state index contributed by atoms with van der Waals surface area (Å²) in [6.45, 7) is 0. The normalized spacial score (nSPS) is 10.3. The van der Waals surface area contributed by atoms with E-state index in [0.717, 1.165) is 24.8 Å². The first-order chi connectivity index (χ1) is 7.84. The van der Waals surface area contributed by atoms with Gasteiger partial charge in [0.25, 0.3) is 0 Å². The number of aryl methyl sites for hydroxylation is 2. The standard InChI is InChI=1S/C15H15F/c16-15-11-5-10-14(12-15)9-4-8-13-6-2-1-3-7-13/h1-3,5-7,10-12H,4,8-9H2. The second-order valence-electron chi connectivity index (χ2n) is 3.97. The van der Waals surface area contributed by atoms with Gasteiger partial charge in [0.1, 0.15) is 5.82 Å². The summed E-state index contributed by atoms with van der Waals surface area (Å²) in [5, 5.41) is 0. The average molecular weight is 214 g/mol. The molecule has 0 aliphatic carbocycles. The Morgan fingerprint density at radius 1 is 0.750 bits per heavy atom. The first-order valence-corrected chi connectivity index (χ1v) is 5.63. The molecule has 0 saturated heterocycles. The number of benzene rings is 2. The minimum Gasteiger partial charge on any atom is -0.207 e. The minimum absolute atomic E-state index is 0.141. The van der Waals surface area contributed by atoms with E-state index < -0.39 is 0 Å². The number of hydrogen-bond acceptors (Lipinski definition) is 0. The van der Waals surface area contributed by atoms with Crippen LogP contribution in [0.15, 0.2) is 54.6 Å². The van der Waals surface area contributed by atoms with Crippen molar-refractivity contribution in [2.75, 3.05) is 0 Å². The van der Waals surface area contributed by atoms with Crippen molar-refractivity contribution in [3.05, 3.63) is 71.5 Å². The smallest absolute Gasteiger partial charge is 0.123 e. The van der Waals surface area contributed by atoms with Crippen LogP contribution in [0.2, 0.25) is 0 Å². The molecule has 0 N–H and O–H groups in total. The van der Waals surface area contributed by atoms with E-state index in [1.165, 1.54) is 11.6 Å². The maximum atomic E-state index is 12.9. The molecule has 0 unspecified atom stereocenters. The zero-order valence-corrected chi connectivity index (χ0v) is 9.20. The quantitative estimate of drug-likeness (QED) is 0.721. The van der Waals surface area contributed by atoms with Gasteiger partial charge in [-0.05, 0) is 42.5 Å². The lowest BCUT2D eigenvalue weighted by atomic mass is 10.0. The Labute approximate surface area is 95.7 Å². The molecule has 0 atom stereocenters. The molecule has 2 aromatic carbocycles. The lowest BCUT2D eigenvalue weighted by Gasteiger charge is -2.02. The maximum Gasteiger partial charge on any atom is 0.123 e. The molecule has 0 spiro atoms. The third-order valence-corrected chi connectivity index (χ3v) is 2.66. The highest BCUT2D eigenvalue weighted by molar-refractivity contribution is 5.18. The van der Waals surface area contributed by atoms with Gasteiger partial charge in [0.2, 0.25) is 0 Å². The van der Waals surface area contributed by atoms with Crippen LogP contribution >= 0.6 is 0 Å². The van der Waals surface area contributed by atoms with E-state index in [2.05, 4.69) is 24.3 Å². The predicted octanol–water partition coefficient (Wildman–Crippen LogP) is 4.00. The Balaban J connectivity index is 1.85. The number of hydrogen-bond donors (Lipinski definition) is 0. The van der Waals surface area contributed by atoms with Crippen LogP contribution in [0.5, 0.6) is 0 Å². The van der Waals surface area contributed by atoms with E-state index in [1.807, 2.05) is 12.1 Å². The predicted molar refractivity (Wildman–Crippen MR) is 64.9 cm³/mol. The van der Waals surface area contributed by atoms with Gasteiger partial charge in [0.15, 0.2) is 0 Å². The van der Waals surface area contributed by atoms with Crippen molar-refractivity contribution in [3.63, 3.8) is 0 Å². The summed E-state index contributed by atoms with van der Waals surface area (Å²) in [6.07, 6.45) is 3.05. The fraction of sp³-hybridized carbons (Fsp3) is 0.200. The van der Waals surface area contributed by atoms with Gasteiger partial charge >= 0.3 is 0 Å². The van der Waals surface area contributed by atoms with Gasteiger partial charge in [0, 0.05) is 0 Å². The average Bonchev–Trinajstić information content (AvgIpc) is 2.30. The van der Waals surface area contributed by atoms with Crippen LogP contribution in [0.1, 0.15) is 17.5 Å². The first kappa shape index (κ1) is 10.9. The summed E-state index contributed by atoms with van der Waals surface area (Å²) >= 11 is 0. The molecular formula is C15H15F. The molecule has 82 valence electrons. The highest BCUT2D eigenvalue weighted by Gasteiger charge is 1.96. The van der Waals surface area contributed by atoms with Crippen molar-refractivity contribution in [3.8, 4) is 0 Å². The van der Waals surface area contributed by atoms with E-state index in [9.17, 15) is 4.39 Å². The lowest BCUT2D eigenvalue weighted by molar-refractivity contribution is 0.624. The van der Waals surface area contributed by atoms with Gasteiger partial charge in [-0.1, -0.05) is 42.5 Å². The molecule has 0 radical (unpaired) electrons. The molecule has 0 bridgehead atoms. The van der Waals surface area contributed by atoms with Crippen LogP contribution in [-0.2, 0) is 12.8 Å². The summed E-state index contributed by atoms with van der Waals surface area (Å²) in [4.78, 5) is 0. The minimum atomic E-state index is -0.141. The van der Waals surface area contributed by atoms with E-state index >= 15 is 0 Å². The Kier molecular flexibility index (Phi) is 3.71. The van der Waals surface area contributed by atoms with Crippen molar-refractivity contribution < 1.29 is 4.39 Å². The monoisotopic (exact) mass is 214 g/mol. The van der Waals surface area contributed by atoms with Crippen LogP contribution in [-0.4, -0.2) is 0 Å². The molecule has 0 aromatic heterocycles. The molecule has 16 heavy (non-hydrogen) atoms. The summed E-state index contributed by atoms with van der Waals surface area (Å²) in [5.74, 6) is -0.141. The van der Waals surface area contributed by atoms with Gasteiger partial charge in [0.05, 0.1) is 0 Å². The van der Waals surface area contributed by atoms with Crippen LogP contribution in [0.4, 0.5) is 4.39 Å². The second kappa shape index (κ2) is 5.45. The van der Waals surface area contributed by atoms with Crippen molar-refractivity contribution in [1.82, 2.24) is 0 Å². The number of halogens is 1. The largest absolute Gasteiger partial charge is 0.207 e.